The smallest absolute Gasteiger partial charge is 0.305 e. The molecule has 1 aliphatic heterocycles. The van der Waals surface area contributed by atoms with E-state index in [0.29, 0.717) is 18.7 Å². The highest BCUT2D eigenvalue weighted by atomic mass is 16.4. The van der Waals surface area contributed by atoms with Crippen molar-refractivity contribution < 1.29 is 9.90 Å². The minimum absolute atomic E-state index is 0.0901. The minimum atomic E-state index is -0.795. The molecule has 4 heteroatoms. The third-order valence-corrected chi connectivity index (χ3v) is 5.03. The molecule has 0 bridgehead atoms. The molecular weight excluding hydrogens is 324 g/mol. The highest BCUT2D eigenvalue weighted by Gasteiger charge is 2.31. The summed E-state index contributed by atoms with van der Waals surface area (Å²) < 4.78 is 0. The fraction of sp³-hybridized carbons (Fsp3) is 0.182. The molecule has 0 radical (unpaired) electrons. The van der Waals surface area contributed by atoms with Gasteiger partial charge in [0.05, 0.1) is 13.0 Å². The first-order valence-electron chi connectivity index (χ1n) is 8.61. The maximum atomic E-state index is 11.4. The van der Waals surface area contributed by atoms with Gasteiger partial charge in [-0.15, -0.1) is 0 Å². The molecule has 26 heavy (non-hydrogen) atoms. The van der Waals surface area contributed by atoms with E-state index in [9.17, 15) is 9.90 Å². The van der Waals surface area contributed by atoms with Crippen LogP contribution in [-0.2, 0) is 17.8 Å². The van der Waals surface area contributed by atoms with Crippen molar-refractivity contribution in [3.63, 3.8) is 0 Å². The predicted molar refractivity (Wildman–Crippen MR) is 103 cm³/mol. The van der Waals surface area contributed by atoms with Gasteiger partial charge in [-0.05, 0) is 34.4 Å². The Balaban J connectivity index is 1.77. The van der Waals surface area contributed by atoms with Gasteiger partial charge in [0.25, 0.3) is 0 Å². The monoisotopic (exact) mass is 342 g/mol. The lowest BCUT2D eigenvalue weighted by molar-refractivity contribution is -0.137. The van der Waals surface area contributed by atoms with Crippen LogP contribution in [-0.4, -0.2) is 17.1 Å². The number of benzene rings is 3. The molecule has 3 aromatic rings. The summed E-state index contributed by atoms with van der Waals surface area (Å²) in [5.41, 5.74) is 3.85. The Morgan fingerprint density at radius 2 is 1.96 bits per heavy atom. The van der Waals surface area contributed by atoms with E-state index < -0.39 is 5.97 Å². The number of hydrogen-bond donors (Lipinski definition) is 1. The summed E-state index contributed by atoms with van der Waals surface area (Å²) in [6.45, 7) is 7.91. The van der Waals surface area contributed by atoms with Crippen molar-refractivity contribution in [1.29, 1.82) is 0 Å². The van der Waals surface area contributed by atoms with E-state index in [2.05, 4.69) is 34.0 Å². The van der Waals surface area contributed by atoms with Crippen molar-refractivity contribution in [2.75, 3.05) is 4.90 Å². The molecule has 1 N–H and O–H groups in total. The molecule has 1 unspecified atom stereocenters. The maximum absolute atomic E-state index is 11.4. The van der Waals surface area contributed by atoms with Gasteiger partial charge in [0.1, 0.15) is 0 Å². The second-order valence-corrected chi connectivity index (χ2v) is 6.65. The van der Waals surface area contributed by atoms with Crippen molar-refractivity contribution in [2.24, 2.45) is 0 Å². The molecule has 0 spiro atoms. The Bertz CT molecular complexity index is 1030. The Labute approximate surface area is 152 Å². The van der Waals surface area contributed by atoms with Crippen LogP contribution in [0.4, 0.5) is 11.4 Å². The van der Waals surface area contributed by atoms with Gasteiger partial charge >= 0.3 is 5.97 Å². The maximum Gasteiger partial charge on any atom is 0.305 e. The minimum Gasteiger partial charge on any atom is -0.481 e. The Morgan fingerprint density at radius 1 is 1.15 bits per heavy atom. The molecule has 0 saturated carbocycles. The van der Waals surface area contributed by atoms with Gasteiger partial charge in [0.2, 0.25) is 0 Å². The largest absolute Gasteiger partial charge is 0.481 e. The summed E-state index contributed by atoms with van der Waals surface area (Å²) in [5.74, 6) is -0.795. The van der Waals surface area contributed by atoms with Crippen LogP contribution < -0.4 is 4.90 Å². The number of hydrogen-bond acceptors (Lipinski definition) is 2. The zero-order chi connectivity index (χ0) is 18.1. The molecule has 128 valence electrons. The first kappa shape index (κ1) is 16.2. The summed E-state index contributed by atoms with van der Waals surface area (Å²) in [6.07, 6.45) is 0.789. The Hall–Kier alpha value is -3.32. The molecule has 0 aliphatic carbocycles. The number of rotatable bonds is 4. The first-order valence-corrected chi connectivity index (χ1v) is 8.61. The molecule has 1 aliphatic rings. The second kappa shape index (κ2) is 6.53. The topological polar surface area (TPSA) is 44.9 Å². The zero-order valence-corrected chi connectivity index (χ0v) is 14.2. The molecule has 1 heterocycles. The van der Waals surface area contributed by atoms with Crippen molar-refractivity contribution >= 4 is 28.1 Å². The number of anilines is 1. The van der Waals surface area contributed by atoms with Crippen LogP contribution in [0, 0.1) is 6.57 Å². The van der Waals surface area contributed by atoms with E-state index in [0.717, 1.165) is 11.3 Å². The van der Waals surface area contributed by atoms with Crippen molar-refractivity contribution in [1.82, 2.24) is 0 Å². The summed E-state index contributed by atoms with van der Waals surface area (Å²) >= 11 is 0. The first-order chi connectivity index (χ1) is 12.7. The van der Waals surface area contributed by atoms with Crippen LogP contribution in [0.1, 0.15) is 17.5 Å². The van der Waals surface area contributed by atoms with Gasteiger partial charge in [-0.2, -0.15) is 0 Å². The molecule has 0 amide bonds. The van der Waals surface area contributed by atoms with Crippen molar-refractivity contribution in [3.8, 4) is 0 Å². The summed E-state index contributed by atoms with van der Waals surface area (Å²) in [7, 11) is 0. The highest BCUT2D eigenvalue weighted by molar-refractivity contribution is 5.86. The van der Waals surface area contributed by atoms with Crippen LogP contribution >= 0.6 is 0 Å². The lowest BCUT2D eigenvalue weighted by atomic mass is 10.0. The fourth-order valence-corrected chi connectivity index (χ4v) is 3.83. The van der Waals surface area contributed by atoms with Gasteiger partial charge in [-0.3, -0.25) is 4.79 Å². The SMILES string of the molecule is [C-]#[N+]c1ccc2c(c1)N(Cc1cccc3ccccc13)C(CC(=O)O)C2. The van der Waals surface area contributed by atoms with Gasteiger partial charge in [0.15, 0.2) is 5.69 Å². The van der Waals surface area contributed by atoms with Crippen LogP contribution in [0.3, 0.4) is 0 Å². The normalized spacial score (nSPS) is 15.7. The molecule has 1 atom stereocenters. The van der Waals surface area contributed by atoms with Crippen molar-refractivity contribution in [3.05, 3.63) is 83.2 Å². The lowest BCUT2D eigenvalue weighted by Gasteiger charge is -2.27. The van der Waals surface area contributed by atoms with Crippen LogP contribution in [0.25, 0.3) is 15.6 Å². The average Bonchev–Trinajstić information content (AvgIpc) is 2.97. The molecular formula is C22H18N2O2. The van der Waals surface area contributed by atoms with Gasteiger partial charge < -0.3 is 10.0 Å². The summed E-state index contributed by atoms with van der Waals surface area (Å²) in [4.78, 5) is 17.0. The van der Waals surface area contributed by atoms with Gasteiger partial charge in [-0.25, -0.2) is 4.85 Å². The predicted octanol–water partition coefficient (Wildman–Crippen LogP) is 4.80. The number of carboxylic acids is 1. The number of carboxylic acid groups (broad SMARTS) is 1. The molecule has 4 nitrogen and oxygen atoms in total. The zero-order valence-electron chi connectivity index (χ0n) is 14.2. The third-order valence-electron chi connectivity index (χ3n) is 5.03. The fourth-order valence-electron chi connectivity index (χ4n) is 3.83. The highest BCUT2D eigenvalue weighted by Crippen LogP contribution is 2.38. The molecule has 3 aromatic carbocycles. The average molecular weight is 342 g/mol. The van der Waals surface area contributed by atoms with Crippen LogP contribution in [0.15, 0.2) is 60.7 Å². The van der Waals surface area contributed by atoms with E-state index in [1.165, 1.54) is 16.3 Å². The Kier molecular flexibility index (Phi) is 4.06. The third kappa shape index (κ3) is 2.89. The number of fused-ring (bicyclic) bond motifs is 2. The molecule has 0 aromatic heterocycles. The van der Waals surface area contributed by atoms with Crippen LogP contribution in [0.5, 0.6) is 0 Å². The van der Waals surface area contributed by atoms with E-state index >= 15 is 0 Å². The molecule has 0 fully saturated rings. The van der Waals surface area contributed by atoms with Crippen LogP contribution in [0.2, 0.25) is 0 Å². The second-order valence-electron chi connectivity index (χ2n) is 6.65. The Morgan fingerprint density at radius 3 is 2.77 bits per heavy atom. The van der Waals surface area contributed by atoms with E-state index in [-0.39, 0.29) is 12.5 Å². The van der Waals surface area contributed by atoms with Gasteiger partial charge in [0, 0.05) is 18.3 Å². The number of carbonyl (C=O) groups is 1. The van der Waals surface area contributed by atoms with E-state index in [1.54, 1.807) is 0 Å². The number of aliphatic carboxylic acids is 1. The quantitative estimate of drug-likeness (QED) is 0.693. The van der Waals surface area contributed by atoms with E-state index in [1.807, 2.05) is 36.4 Å². The van der Waals surface area contributed by atoms with Gasteiger partial charge in [-0.1, -0.05) is 54.6 Å². The lowest BCUT2D eigenvalue weighted by Crippen LogP contribution is -2.33. The number of nitrogens with zero attached hydrogens (tertiary/aromatic N) is 2. The summed E-state index contributed by atoms with van der Waals surface area (Å²) in [6, 6.07) is 20.0. The summed E-state index contributed by atoms with van der Waals surface area (Å²) in [5, 5.41) is 11.7. The molecule has 4 rings (SSSR count). The standard InChI is InChI=1S/C22H18N2O2/c1-23-18-10-9-16-11-19(13-22(25)26)24(21(16)12-18)14-17-7-4-6-15-5-2-3-8-20(15)17/h2-10,12,19H,11,13-14H2,(H,25,26). The van der Waals surface area contributed by atoms with Crippen molar-refractivity contribution in [2.45, 2.75) is 25.4 Å². The molecule has 0 saturated heterocycles. The van der Waals surface area contributed by atoms with E-state index in [4.69, 9.17) is 6.57 Å².